The highest BCUT2D eigenvalue weighted by Gasteiger charge is 2.27. The van der Waals surface area contributed by atoms with Crippen LogP contribution in [-0.4, -0.2) is 47.7 Å². The van der Waals surface area contributed by atoms with E-state index in [0.29, 0.717) is 18.7 Å². The van der Waals surface area contributed by atoms with Crippen LogP contribution in [-0.2, 0) is 11.3 Å². The lowest BCUT2D eigenvalue weighted by Gasteiger charge is -2.21. The molecule has 0 spiro atoms. The Bertz CT molecular complexity index is 773. The number of ketones is 1. The van der Waals surface area contributed by atoms with Crippen LogP contribution in [0.1, 0.15) is 39.2 Å². The zero-order valence-electron chi connectivity index (χ0n) is 15.7. The highest BCUT2D eigenvalue weighted by molar-refractivity contribution is 6.43. The van der Waals surface area contributed by atoms with Crippen LogP contribution < -0.4 is 0 Å². The minimum atomic E-state index is -0.389. The van der Waals surface area contributed by atoms with Crippen LogP contribution >= 0.6 is 0 Å². The van der Waals surface area contributed by atoms with Gasteiger partial charge in [0.05, 0.1) is 12.8 Å². The summed E-state index contributed by atoms with van der Waals surface area (Å²) in [7, 11) is 0. The smallest absolute Gasteiger partial charge is 0.295 e. The van der Waals surface area contributed by atoms with Crippen molar-refractivity contribution in [3.63, 3.8) is 0 Å². The second-order valence-electron chi connectivity index (χ2n) is 7.10. The molecule has 1 aliphatic heterocycles. The Morgan fingerprint density at radius 3 is 2.42 bits per heavy atom. The first-order valence-electron chi connectivity index (χ1n) is 9.12. The Morgan fingerprint density at radius 1 is 1.04 bits per heavy atom. The molecule has 1 fully saturated rings. The molecular weight excluding hydrogens is 328 g/mol. The molecule has 5 nitrogen and oxygen atoms in total. The molecule has 0 unspecified atom stereocenters. The van der Waals surface area contributed by atoms with Crippen LogP contribution in [0.5, 0.6) is 0 Å². The van der Waals surface area contributed by atoms with Gasteiger partial charge in [-0.25, -0.2) is 0 Å². The molecule has 1 saturated heterocycles. The summed E-state index contributed by atoms with van der Waals surface area (Å²) in [6.07, 6.45) is 2.53. The zero-order valence-corrected chi connectivity index (χ0v) is 15.7. The number of hydrogen-bond donors (Lipinski definition) is 0. The number of Topliss-reactive ketones (excluding diaryl/α,β-unsaturated/α-hetero) is 1. The SMILES string of the molecule is Cc1cc(C)c(C(=O)C(=O)N2CCCN(Cc3ccco3)CC2)c(C)c1. The van der Waals surface area contributed by atoms with Crippen LogP contribution in [0.2, 0.25) is 0 Å². The lowest BCUT2D eigenvalue weighted by atomic mass is 9.96. The van der Waals surface area contributed by atoms with Gasteiger partial charge >= 0.3 is 0 Å². The molecule has 2 aromatic rings. The van der Waals surface area contributed by atoms with E-state index in [1.54, 1.807) is 11.2 Å². The fraction of sp³-hybridized carbons (Fsp3) is 0.429. The van der Waals surface area contributed by atoms with Gasteiger partial charge in [0, 0.05) is 31.7 Å². The summed E-state index contributed by atoms with van der Waals surface area (Å²) >= 11 is 0. The molecule has 5 heteroatoms. The number of carbonyl (C=O) groups is 2. The predicted molar refractivity (Wildman–Crippen MR) is 100 cm³/mol. The number of furan rings is 1. The Labute approximate surface area is 154 Å². The second kappa shape index (κ2) is 7.87. The summed E-state index contributed by atoms with van der Waals surface area (Å²) in [4.78, 5) is 29.6. The van der Waals surface area contributed by atoms with Crippen molar-refractivity contribution in [2.45, 2.75) is 33.7 Å². The molecular formula is C21H26N2O3. The molecule has 0 bridgehead atoms. The van der Waals surface area contributed by atoms with Crippen molar-refractivity contribution in [2.75, 3.05) is 26.2 Å². The zero-order chi connectivity index (χ0) is 18.7. The number of nitrogens with zero attached hydrogens (tertiary/aromatic N) is 2. The first-order valence-corrected chi connectivity index (χ1v) is 9.12. The van der Waals surface area contributed by atoms with Crippen molar-refractivity contribution in [3.8, 4) is 0 Å². The molecule has 2 heterocycles. The van der Waals surface area contributed by atoms with Gasteiger partial charge in [0.1, 0.15) is 5.76 Å². The number of hydrogen-bond acceptors (Lipinski definition) is 4. The average Bonchev–Trinajstić information content (AvgIpc) is 2.97. The lowest BCUT2D eigenvalue weighted by Crippen LogP contribution is -2.39. The van der Waals surface area contributed by atoms with Crippen molar-refractivity contribution >= 4 is 11.7 Å². The summed E-state index contributed by atoms with van der Waals surface area (Å²) in [5.74, 6) is 0.145. The Morgan fingerprint density at radius 2 is 1.77 bits per heavy atom. The minimum absolute atomic E-state index is 0.389. The van der Waals surface area contributed by atoms with Crippen molar-refractivity contribution in [2.24, 2.45) is 0 Å². The van der Waals surface area contributed by atoms with Gasteiger partial charge < -0.3 is 9.32 Å². The van der Waals surface area contributed by atoms with Crippen molar-refractivity contribution < 1.29 is 14.0 Å². The van der Waals surface area contributed by atoms with Crippen LogP contribution in [0.3, 0.4) is 0 Å². The minimum Gasteiger partial charge on any atom is -0.468 e. The lowest BCUT2D eigenvalue weighted by molar-refractivity contribution is -0.126. The van der Waals surface area contributed by atoms with Crippen LogP contribution in [0, 0.1) is 20.8 Å². The summed E-state index contributed by atoms with van der Waals surface area (Å²) < 4.78 is 5.41. The number of benzene rings is 1. The first kappa shape index (κ1) is 18.4. The Hall–Kier alpha value is -2.40. The van der Waals surface area contributed by atoms with E-state index < -0.39 is 0 Å². The van der Waals surface area contributed by atoms with E-state index in [1.807, 2.05) is 45.0 Å². The van der Waals surface area contributed by atoms with Crippen molar-refractivity contribution in [1.82, 2.24) is 9.80 Å². The van der Waals surface area contributed by atoms with E-state index in [1.165, 1.54) is 0 Å². The van der Waals surface area contributed by atoms with Gasteiger partial charge in [-0.2, -0.15) is 0 Å². The van der Waals surface area contributed by atoms with Gasteiger partial charge in [-0.3, -0.25) is 14.5 Å². The van der Waals surface area contributed by atoms with E-state index in [4.69, 9.17) is 4.42 Å². The second-order valence-corrected chi connectivity index (χ2v) is 7.10. The topological polar surface area (TPSA) is 53.8 Å². The predicted octanol–water partition coefficient (Wildman–Crippen LogP) is 3.12. The van der Waals surface area contributed by atoms with E-state index in [0.717, 1.165) is 48.5 Å². The van der Waals surface area contributed by atoms with Gasteiger partial charge in [0.25, 0.3) is 11.7 Å². The average molecular weight is 354 g/mol. The largest absolute Gasteiger partial charge is 0.468 e. The molecule has 0 radical (unpaired) electrons. The quantitative estimate of drug-likeness (QED) is 0.625. The molecule has 0 saturated carbocycles. The third-order valence-electron chi connectivity index (χ3n) is 4.93. The fourth-order valence-electron chi connectivity index (χ4n) is 3.74. The maximum atomic E-state index is 12.8. The first-order chi connectivity index (χ1) is 12.5. The summed E-state index contributed by atoms with van der Waals surface area (Å²) in [6.45, 7) is 9.34. The van der Waals surface area contributed by atoms with Gasteiger partial charge in [-0.15, -0.1) is 0 Å². The summed E-state index contributed by atoms with van der Waals surface area (Å²) in [6, 6.07) is 7.76. The van der Waals surface area contributed by atoms with Crippen molar-refractivity contribution in [3.05, 3.63) is 58.5 Å². The van der Waals surface area contributed by atoms with Crippen LogP contribution in [0.4, 0.5) is 0 Å². The highest BCUT2D eigenvalue weighted by Crippen LogP contribution is 2.19. The van der Waals surface area contributed by atoms with Gasteiger partial charge in [0.2, 0.25) is 0 Å². The molecule has 0 aliphatic carbocycles. The number of carbonyl (C=O) groups excluding carboxylic acids is 2. The van der Waals surface area contributed by atoms with E-state index in [9.17, 15) is 9.59 Å². The highest BCUT2D eigenvalue weighted by atomic mass is 16.3. The van der Waals surface area contributed by atoms with Crippen LogP contribution in [0.15, 0.2) is 34.9 Å². The number of amides is 1. The molecule has 0 atom stereocenters. The van der Waals surface area contributed by atoms with Gasteiger partial charge in [-0.1, -0.05) is 17.7 Å². The molecule has 1 aromatic heterocycles. The molecule has 1 aliphatic rings. The summed E-state index contributed by atoms with van der Waals surface area (Å²) in [5.41, 5.74) is 3.40. The van der Waals surface area contributed by atoms with Gasteiger partial charge in [0.15, 0.2) is 0 Å². The molecule has 1 aromatic carbocycles. The van der Waals surface area contributed by atoms with E-state index in [2.05, 4.69) is 4.90 Å². The Kier molecular flexibility index (Phi) is 5.57. The monoisotopic (exact) mass is 354 g/mol. The fourth-order valence-corrected chi connectivity index (χ4v) is 3.74. The van der Waals surface area contributed by atoms with Crippen LogP contribution in [0.25, 0.3) is 0 Å². The third kappa shape index (κ3) is 4.05. The summed E-state index contributed by atoms with van der Waals surface area (Å²) in [5, 5.41) is 0. The van der Waals surface area contributed by atoms with Gasteiger partial charge in [-0.05, 0) is 50.5 Å². The number of rotatable bonds is 4. The van der Waals surface area contributed by atoms with E-state index >= 15 is 0 Å². The molecule has 3 rings (SSSR count). The molecule has 1 amide bonds. The number of aryl methyl sites for hydroxylation is 3. The molecule has 138 valence electrons. The Balaban J connectivity index is 1.67. The van der Waals surface area contributed by atoms with E-state index in [-0.39, 0.29) is 11.7 Å². The maximum absolute atomic E-state index is 12.8. The third-order valence-corrected chi connectivity index (χ3v) is 4.93. The maximum Gasteiger partial charge on any atom is 0.295 e. The van der Waals surface area contributed by atoms with Crippen molar-refractivity contribution in [1.29, 1.82) is 0 Å². The standard InChI is InChI=1S/C21H26N2O3/c1-15-12-16(2)19(17(3)13-15)20(24)21(25)23-8-5-7-22(9-10-23)14-18-6-4-11-26-18/h4,6,11-13H,5,7-10,14H2,1-3H3. The molecule has 26 heavy (non-hydrogen) atoms. The molecule has 0 N–H and O–H groups in total. The normalized spacial score (nSPS) is 15.7.